The molecule has 0 aliphatic carbocycles. The molecule has 2 unspecified atom stereocenters. The van der Waals surface area contributed by atoms with Crippen molar-refractivity contribution < 1.29 is 14.3 Å². The minimum absolute atomic E-state index is 0.151. The van der Waals surface area contributed by atoms with E-state index in [0.29, 0.717) is 13.1 Å². The van der Waals surface area contributed by atoms with E-state index in [1.54, 1.807) is 4.90 Å². The predicted molar refractivity (Wildman–Crippen MR) is 66.0 cm³/mol. The van der Waals surface area contributed by atoms with Gasteiger partial charge in [-0.15, -0.1) is 0 Å². The van der Waals surface area contributed by atoms with Crippen molar-refractivity contribution in [1.82, 2.24) is 10.2 Å². The van der Waals surface area contributed by atoms with E-state index in [-0.39, 0.29) is 29.3 Å². The molecule has 0 aromatic heterocycles. The molecule has 1 aliphatic heterocycles. The molecule has 2 N–H and O–H groups in total. The third kappa shape index (κ3) is 2.61. The highest BCUT2D eigenvalue weighted by Gasteiger charge is 2.26. The van der Waals surface area contributed by atoms with Gasteiger partial charge in [0, 0.05) is 31.2 Å². The van der Waals surface area contributed by atoms with Gasteiger partial charge in [0.1, 0.15) is 11.6 Å². The second-order valence-corrected chi connectivity index (χ2v) is 4.84. The maximum atomic E-state index is 12.9. The molecule has 18 heavy (non-hydrogen) atoms. The fourth-order valence-corrected chi connectivity index (χ4v) is 2.35. The maximum absolute atomic E-state index is 12.9. The van der Waals surface area contributed by atoms with E-state index >= 15 is 0 Å². The van der Waals surface area contributed by atoms with E-state index in [0.717, 1.165) is 6.07 Å². The van der Waals surface area contributed by atoms with Gasteiger partial charge in [0.05, 0.1) is 5.56 Å². The van der Waals surface area contributed by atoms with E-state index in [1.165, 1.54) is 12.1 Å². The predicted octanol–water partition coefficient (Wildman–Crippen LogP) is 1.35. The van der Waals surface area contributed by atoms with Crippen LogP contribution in [0.5, 0.6) is 5.75 Å². The molecule has 2 rings (SSSR count). The Balaban J connectivity index is 2.20. The van der Waals surface area contributed by atoms with Crippen LogP contribution in [0.3, 0.4) is 0 Å². The van der Waals surface area contributed by atoms with Gasteiger partial charge in [0.15, 0.2) is 0 Å². The molecule has 1 aromatic rings. The zero-order chi connectivity index (χ0) is 13.3. The Bertz CT molecular complexity index is 454. The summed E-state index contributed by atoms with van der Waals surface area (Å²) in [4.78, 5) is 13.9. The van der Waals surface area contributed by atoms with Crippen LogP contribution in [0.15, 0.2) is 18.2 Å². The molecule has 1 fully saturated rings. The lowest BCUT2D eigenvalue weighted by molar-refractivity contribution is 0.0670. The molecule has 1 aromatic carbocycles. The van der Waals surface area contributed by atoms with Crippen molar-refractivity contribution in [3.63, 3.8) is 0 Å². The van der Waals surface area contributed by atoms with Gasteiger partial charge in [-0.1, -0.05) is 0 Å². The van der Waals surface area contributed by atoms with E-state index in [2.05, 4.69) is 5.32 Å². The van der Waals surface area contributed by atoms with Gasteiger partial charge in [-0.25, -0.2) is 4.39 Å². The number of phenols is 1. The number of nitrogens with one attached hydrogen (secondary N) is 1. The number of phenolic OH excluding ortho intramolecular Hbond substituents is 1. The fourth-order valence-electron chi connectivity index (χ4n) is 2.35. The van der Waals surface area contributed by atoms with Crippen LogP contribution in [0.25, 0.3) is 0 Å². The van der Waals surface area contributed by atoms with Crippen LogP contribution in [-0.4, -0.2) is 41.1 Å². The van der Waals surface area contributed by atoms with E-state index in [1.807, 2.05) is 13.8 Å². The summed E-state index contributed by atoms with van der Waals surface area (Å²) in [5, 5.41) is 12.9. The van der Waals surface area contributed by atoms with E-state index in [4.69, 9.17) is 0 Å². The molecule has 4 nitrogen and oxygen atoms in total. The van der Waals surface area contributed by atoms with Crippen molar-refractivity contribution >= 4 is 5.91 Å². The van der Waals surface area contributed by atoms with Crippen molar-refractivity contribution in [2.24, 2.45) is 0 Å². The molecule has 1 aliphatic rings. The molecule has 0 bridgehead atoms. The number of benzene rings is 1. The number of halogens is 1. The van der Waals surface area contributed by atoms with Crippen LogP contribution in [0.1, 0.15) is 24.2 Å². The summed E-state index contributed by atoms with van der Waals surface area (Å²) >= 11 is 0. The highest BCUT2D eigenvalue weighted by atomic mass is 19.1. The van der Waals surface area contributed by atoms with Crippen LogP contribution >= 0.6 is 0 Å². The first-order chi connectivity index (χ1) is 8.47. The Labute approximate surface area is 105 Å². The SMILES string of the molecule is CC1CN(C(=O)c2ccc(F)cc2O)CC(C)N1. The molecule has 98 valence electrons. The van der Waals surface area contributed by atoms with Gasteiger partial charge in [0.25, 0.3) is 5.91 Å². The average molecular weight is 252 g/mol. The minimum atomic E-state index is -0.550. The highest BCUT2D eigenvalue weighted by molar-refractivity contribution is 5.96. The van der Waals surface area contributed by atoms with Crippen molar-refractivity contribution in [1.29, 1.82) is 0 Å². The summed E-state index contributed by atoms with van der Waals surface area (Å²) < 4.78 is 12.9. The lowest BCUT2D eigenvalue weighted by Gasteiger charge is -2.36. The number of nitrogens with zero attached hydrogens (tertiary/aromatic N) is 1. The Hall–Kier alpha value is -1.62. The van der Waals surface area contributed by atoms with E-state index in [9.17, 15) is 14.3 Å². The molecule has 1 heterocycles. The Morgan fingerprint density at radius 3 is 2.56 bits per heavy atom. The summed E-state index contributed by atoms with van der Waals surface area (Å²) in [5.74, 6) is -1.11. The van der Waals surface area contributed by atoms with Gasteiger partial charge in [0.2, 0.25) is 0 Å². The topological polar surface area (TPSA) is 52.6 Å². The summed E-state index contributed by atoms with van der Waals surface area (Å²) in [7, 11) is 0. The molecule has 0 saturated carbocycles. The Kier molecular flexibility index (Phi) is 3.52. The normalized spacial score (nSPS) is 24.1. The monoisotopic (exact) mass is 252 g/mol. The van der Waals surface area contributed by atoms with Crippen LogP contribution in [-0.2, 0) is 0 Å². The number of amides is 1. The molecule has 0 spiro atoms. The number of hydrogen-bond donors (Lipinski definition) is 2. The second-order valence-electron chi connectivity index (χ2n) is 4.84. The second kappa shape index (κ2) is 4.94. The zero-order valence-corrected chi connectivity index (χ0v) is 10.5. The first-order valence-electron chi connectivity index (χ1n) is 6.01. The quantitative estimate of drug-likeness (QED) is 0.793. The summed E-state index contributed by atoms with van der Waals surface area (Å²) in [6.07, 6.45) is 0. The number of hydrogen-bond acceptors (Lipinski definition) is 3. The number of carbonyl (C=O) groups is 1. The summed E-state index contributed by atoms with van der Waals surface area (Å²) in [6, 6.07) is 3.88. The van der Waals surface area contributed by atoms with Crippen LogP contribution in [0, 0.1) is 5.82 Å². The smallest absolute Gasteiger partial charge is 0.257 e. The van der Waals surface area contributed by atoms with Crippen molar-refractivity contribution in [3.8, 4) is 5.75 Å². The van der Waals surface area contributed by atoms with Crippen molar-refractivity contribution in [2.45, 2.75) is 25.9 Å². The molecule has 0 radical (unpaired) electrons. The highest BCUT2D eigenvalue weighted by Crippen LogP contribution is 2.21. The van der Waals surface area contributed by atoms with E-state index < -0.39 is 5.82 Å². The van der Waals surface area contributed by atoms with Crippen LogP contribution in [0.4, 0.5) is 4.39 Å². The summed E-state index contributed by atoms with van der Waals surface area (Å²) in [6.45, 7) is 5.17. The molecular weight excluding hydrogens is 235 g/mol. The third-order valence-electron chi connectivity index (χ3n) is 3.03. The molecule has 1 amide bonds. The van der Waals surface area contributed by atoms with Crippen molar-refractivity contribution in [2.75, 3.05) is 13.1 Å². The number of rotatable bonds is 1. The van der Waals surface area contributed by atoms with Gasteiger partial charge < -0.3 is 15.3 Å². The first-order valence-corrected chi connectivity index (χ1v) is 6.01. The van der Waals surface area contributed by atoms with Gasteiger partial charge in [-0.2, -0.15) is 0 Å². The third-order valence-corrected chi connectivity index (χ3v) is 3.03. The number of aromatic hydroxyl groups is 1. The standard InChI is InChI=1S/C13H17FN2O2/c1-8-6-16(7-9(2)15-8)13(18)11-4-3-10(14)5-12(11)17/h3-5,8-9,15,17H,6-7H2,1-2H3. The maximum Gasteiger partial charge on any atom is 0.257 e. The average Bonchev–Trinajstić information content (AvgIpc) is 2.26. The molecular formula is C13H17FN2O2. The summed E-state index contributed by atoms with van der Waals surface area (Å²) in [5.41, 5.74) is 0.151. The number of carbonyl (C=O) groups excluding carboxylic acids is 1. The van der Waals surface area contributed by atoms with Gasteiger partial charge in [-0.05, 0) is 26.0 Å². The zero-order valence-electron chi connectivity index (χ0n) is 10.5. The van der Waals surface area contributed by atoms with Crippen molar-refractivity contribution in [3.05, 3.63) is 29.6 Å². The Morgan fingerprint density at radius 1 is 1.39 bits per heavy atom. The molecule has 1 saturated heterocycles. The van der Waals surface area contributed by atoms with Crippen LogP contribution < -0.4 is 5.32 Å². The number of piperazine rings is 1. The lowest BCUT2D eigenvalue weighted by atomic mass is 10.1. The van der Waals surface area contributed by atoms with Gasteiger partial charge >= 0.3 is 0 Å². The van der Waals surface area contributed by atoms with Crippen LogP contribution in [0.2, 0.25) is 0 Å². The molecule has 5 heteroatoms. The Morgan fingerprint density at radius 2 is 2.00 bits per heavy atom. The first kappa shape index (κ1) is 12.8. The molecule has 2 atom stereocenters. The lowest BCUT2D eigenvalue weighted by Crippen LogP contribution is -2.55. The fraction of sp³-hybridized carbons (Fsp3) is 0.462. The van der Waals surface area contributed by atoms with Gasteiger partial charge in [-0.3, -0.25) is 4.79 Å². The minimum Gasteiger partial charge on any atom is -0.507 e. The largest absolute Gasteiger partial charge is 0.507 e.